The number of aromatic carboxylic acids is 1. The van der Waals surface area contributed by atoms with E-state index in [2.05, 4.69) is 10.1 Å². The van der Waals surface area contributed by atoms with E-state index in [1.54, 1.807) is 36.4 Å². The topological polar surface area (TPSA) is 106 Å². The van der Waals surface area contributed by atoms with Crippen LogP contribution in [0.1, 0.15) is 58.1 Å². The van der Waals surface area contributed by atoms with E-state index >= 15 is 0 Å². The van der Waals surface area contributed by atoms with Gasteiger partial charge in [0.2, 0.25) is 0 Å². The highest BCUT2D eigenvalue weighted by molar-refractivity contribution is 7.22. The van der Waals surface area contributed by atoms with E-state index < -0.39 is 11.9 Å². The van der Waals surface area contributed by atoms with E-state index in [1.165, 1.54) is 11.3 Å². The summed E-state index contributed by atoms with van der Waals surface area (Å²) in [6.07, 6.45) is 3.23. The van der Waals surface area contributed by atoms with Crippen LogP contribution < -0.4 is 4.90 Å². The van der Waals surface area contributed by atoms with Crippen molar-refractivity contribution in [1.82, 2.24) is 10.1 Å². The maximum absolute atomic E-state index is 13.6. The number of halogens is 2. The molecule has 2 aliphatic carbocycles. The van der Waals surface area contributed by atoms with Crippen molar-refractivity contribution >= 4 is 61.8 Å². The average molecular weight is 570 g/mol. The largest absolute Gasteiger partial charge is 0.478 e. The molecule has 3 fully saturated rings. The van der Waals surface area contributed by atoms with Gasteiger partial charge in [-0.05, 0) is 49.6 Å². The molecule has 1 saturated heterocycles. The highest BCUT2D eigenvalue weighted by Gasteiger charge is 2.48. The van der Waals surface area contributed by atoms with Gasteiger partial charge in [-0.2, -0.15) is 0 Å². The van der Waals surface area contributed by atoms with Crippen molar-refractivity contribution in [2.75, 3.05) is 11.4 Å². The summed E-state index contributed by atoms with van der Waals surface area (Å²) in [6, 6.07) is 10.3. The Bertz CT molecular complexity index is 1590. The monoisotopic (exact) mass is 569 g/mol. The molecule has 2 aromatic heterocycles. The van der Waals surface area contributed by atoms with Crippen LogP contribution >= 0.6 is 34.5 Å². The number of rotatable bonds is 6. The Morgan fingerprint density at radius 1 is 1.13 bits per heavy atom. The van der Waals surface area contributed by atoms with Crippen molar-refractivity contribution < 1.29 is 24.0 Å². The summed E-state index contributed by atoms with van der Waals surface area (Å²) in [5.74, 6) is -0.548. The second-order valence-corrected chi connectivity index (χ2v) is 11.9. The van der Waals surface area contributed by atoms with E-state index in [9.17, 15) is 14.7 Å². The average Bonchev–Trinajstić information content (AvgIpc) is 3.22. The minimum atomic E-state index is -0.954. The molecule has 1 unspecified atom stereocenters. The van der Waals surface area contributed by atoms with E-state index in [4.69, 9.17) is 37.4 Å². The maximum Gasteiger partial charge on any atom is 0.344 e. The van der Waals surface area contributed by atoms with Crippen LogP contribution in [-0.4, -0.2) is 45.9 Å². The number of esters is 1. The molecule has 8 nitrogen and oxygen atoms in total. The van der Waals surface area contributed by atoms with Crippen LogP contribution in [0.15, 0.2) is 40.9 Å². The van der Waals surface area contributed by atoms with Crippen molar-refractivity contribution in [3.63, 3.8) is 0 Å². The number of aromatic nitrogens is 2. The zero-order valence-corrected chi connectivity index (χ0v) is 22.2. The van der Waals surface area contributed by atoms with Crippen molar-refractivity contribution in [1.29, 1.82) is 0 Å². The third-order valence-electron chi connectivity index (χ3n) is 7.68. The lowest BCUT2D eigenvalue weighted by molar-refractivity contribution is 0.0191. The minimum absolute atomic E-state index is 0.149. The van der Waals surface area contributed by atoms with Gasteiger partial charge in [0.05, 0.1) is 25.8 Å². The zero-order valence-electron chi connectivity index (χ0n) is 19.9. The van der Waals surface area contributed by atoms with Gasteiger partial charge in [-0.1, -0.05) is 45.8 Å². The molecule has 1 aliphatic heterocycles. The molecule has 4 aromatic rings. The van der Waals surface area contributed by atoms with Gasteiger partial charge >= 0.3 is 11.9 Å². The van der Waals surface area contributed by atoms with Crippen molar-refractivity contribution in [2.24, 2.45) is 5.92 Å². The van der Waals surface area contributed by atoms with Gasteiger partial charge in [0, 0.05) is 36.4 Å². The summed E-state index contributed by atoms with van der Waals surface area (Å²) in [4.78, 5) is 31.9. The first-order valence-corrected chi connectivity index (χ1v) is 14.0. The van der Waals surface area contributed by atoms with E-state index in [1.807, 2.05) is 0 Å². The molecule has 194 valence electrons. The highest BCUT2D eigenvalue weighted by atomic mass is 35.5. The van der Waals surface area contributed by atoms with Gasteiger partial charge in [0.1, 0.15) is 17.4 Å². The number of thiazole rings is 1. The van der Waals surface area contributed by atoms with Gasteiger partial charge in [-0.3, -0.25) is 0 Å². The lowest BCUT2D eigenvalue weighted by atomic mass is 10.0. The summed E-state index contributed by atoms with van der Waals surface area (Å²) < 4.78 is 12.6. The molecule has 3 heterocycles. The number of carboxylic acids is 1. The minimum Gasteiger partial charge on any atom is -0.478 e. The number of carboxylic acid groups (broad SMARTS) is 1. The van der Waals surface area contributed by atoms with Crippen LogP contribution in [0.4, 0.5) is 5.13 Å². The summed E-state index contributed by atoms with van der Waals surface area (Å²) in [7, 11) is 0. The number of ether oxygens (including phenoxy) is 1. The molecular weight excluding hydrogens is 549 g/mol. The summed E-state index contributed by atoms with van der Waals surface area (Å²) in [6.45, 7) is 0.719. The molecule has 3 atom stereocenters. The van der Waals surface area contributed by atoms with Gasteiger partial charge in [0.15, 0.2) is 10.9 Å². The number of carbonyl (C=O) groups excluding carboxylic acids is 1. The van der Waals surface area contributed by atoms with Gasteiger partial charge in [0.25, 0.3) is 0 Å². The first-order valence-electron chi connectivity index (χ1n) is 12.4. The smallest absolute Gasteiger partial charge is 0.344 e. The molecular formula is C27H21Cl2N3O5S. The van der Waals surface area contributed by atoms with Crippen LogP contribution in [0.3, 0.4) is 0 Å². The molecule has 0 radical (unpaired) electrons. The second kappa shape index (κ2) is 8.97. The van der Waals surface area contributed by atoms with E-state index in [0.717, 1.165) is 41.2 Å². The lowest BCUT2D eigenvalue weighted by Gasteiger charge is -2.31. The fraction of sp³-hybridized carbons (Fsp3) is 0.333. The number of hydrogen-bond acceptors (Lipinski definition) is 8. The fourth-order valence-electron chi connectivity index (χ4n) is 5.67. The zero-order chi connectivity index (χ0) is 26.1. The van der Waals surface area contributed by atoms with Crippen molar-refractivity contribution in [3.05, 3.63) is 63.3 Å². The summed E-state index contributed by atoms with van der Waals surface area (Å²) in [5.41, 5.74) is 2.15. The van der Waals surface area contributed by atoms with E-state index in [0.29, 0.717) is 39.0 Å². The molecule has 1 N–H and O–H groups in total. The molecule has 2 saturated carbocycles. The number of nitrogens with zero attached hydrogens (tertiary/aromatic N) is 3. The molecule has 38 heavy (non-hydrogen) atoms. The normalized spacial score (nSPS) is 22.4. The SMILES string of the molecule is O=C(O)c1ccc2nc(N3C[C@@H]4C[C@H]3CC4OC(=O)c3c(-c4c(Cl)cccc4Cl)noc3C3CC3)sc2c1. The predicted molar refractivity (Wildman–Crippen MR) is 144 cm³/mol. The first kappa shape index (κ1) is 23.9. The Morgan fingerprint density at radius 3 is 2.61 bits per heavy atom. The second-order valence-electron chi connectivity index (χ2n) is 10.1. The summed E-state index contributed by atoms with van der Waals surface area (Å²) in [5, 5.41) is 15.1. The van der Waals surface area contributed by atoms with Gasteiger partial charge in [-0.15, -0.1) is 0 Å². The molecule has 2 aromatic carbocycles. The van der Waals surface area contributed by atoms with Crippen molar-refractivity contribution in [2.45, 2.75) is 43.7 Å². The Balaban J connectivity index is 1.11. The highest BCUT2D eigenvalue weighted by Crippen LogP contribution is 2.48. The lowest BCUT2D eigenvalue weighted by Crippen LogP contribution is -2.39. The summed E-state index contributed by atoms with van der Waals surface area (Å²) >= 11 is 14.4. The molecule has 0 spiro atoms. The third-order valence-corrected chi connectivity index (χ3v) is 9.36. The van der Waals surface area contributed by atoms with Crippen LogP contribution in [0.25, 0.3) is 21.5 Å². The van der Waals surface area contributed by atoms with E-state index in [-0.39, 0.29) is 29.5 Å². The van der Waals surface area contributed by atoms with Crippen LogP contribution in [-0.2, 0) is 4.74 Å². The number of piperidine rings is 1. The Hall–Kier alpha value is -3.14. The maximum atomic E-state index is 13.6. The Kier molecular flexibility index (Phi) is 5.65. The molecule has 11 heteroatoms. The third kappa shape index (κ3) is 3.95. The number of fused-ring (bicyclic) bond motifs is 3. The molecule has 7 rings (SSSR count). The van der Waals surface area contributed by atoms with Crippen LogP contribution in [0.5, 0.6) is 0 Å². The molecule has 2 bridgehead atoms. The number of hydrogen-bond donors (Lipinski definition) is 1. The number of benzene rings is 2. The number of anilines is 1. The van der Waals surface area contributed by atoms with Crippen LogP contribution in [0, 0.1) is 5.92 Å². The fourth-order valence-corrected chi connectivity index (χ4v) is 7.33. The Morgan fingerprint density at radius 2 is 1.92 bits per heavy atom. The standard InChI is InChI=1S/C27H21Cl2N3O5S/c28-16-2-1-3-17(29)21(16)23-22(24(37-31-23)12-4-5-12)26(35)36-19-10-15-8-14(19)11-32(15)27-30-18-7-6-13(25(33)34)9-20(18)38-27/h1-3,6-7,9,12,14-15,19H,4-5,8,10-11H2,(H,33,34)/t14-,15-,19?/m0/s1. The van der Waals surface area contributed by atoms with Crippen LogP contribution in [0.2, 0.25) is 10.0 Å². The number of carbonyl (C=O) groups is 2. The van der Waals surface area contributed by atoms with Crippen molar-refractivity contribution in [3.8, 4) is 11.3 Å². The molecule has 3 aliphatic rings. The quantitative estimate of drug-likeness (QED) is 0.257. The predicted octanol–water partition coefficient (Wildman–Crippen LogP) is 6.66. The first-order chi connectivity index (χ1) is 18.4. The molecule has 0 amide bonds. The van der Waals surface area contributed by atoms with Gasteiger partial charge < -0.3 is 19.3 Å². The Labute approximate surface area is 231 Å². The van der Waals surface area contributed by atoms with Gasteiger partial charge in [-0.25, -0.2) is 14.6 Å².